The van der Waals surface area contributed by atoms with Gasteiger partial charge in [-0.15, -0.1) is 0 Å². The number of ether oxygens (including phenoxy) is 1. The number of thiocarbonyl (C=S) groups is 1. The normalized spacial score (nSPS) is 10.7. The van der Waals surface area contributed by atoms with Gasteiger partial charge in [-0.05, 0) is 51.4 Å². The Morgan fingerprint density at radius 1 is 1.06 bits per heavy atom. The fourth-order valence-electron chi connectivity index (χ4n) is 3.29. The summed E-state index contributed by atoms with van der Waals surface area (Å²) < 4.78 is 9.10. The molecule has 0 aliphatic heterocycles. The monoisotopic (exact) mass is 558 g/mol. The van der Waals surface area contributed by atoms with Gasteiger partial charge >= 0.3 is 5.97 Å². The molecular formula is C23H20BrClN6O2S. The highest BCUT2D eigenvalue weighted by molar-refractivity contribution is 9.10. The number of anilines is 2. The van der Waals surface area contributed by atoms with E-state index in [1.165, 1.54) is 7.11 Å². The Balaban J connectivity index is 1.38. The van der Waals surface area contributed by atoms with Gasteiger partial charge in [0.05, 0.1) is 42.1 Å². The summed E-state index contributed by atoms with van der Waals surface area (Å²) in [5.74, 6) is 0.190. The van der Waals surface area contributed by atoms with Crippen LogP contribution in [0, 0.1) is 0 Å². The smallest absolute Gasteiger partial charge is 0.338 e. The zero-order valence-corrected chi connectivity index (χ0v) is 21.2. The number of esters is 1. The molecule has 0 bridgehead atoms. The fourth-order valence-corrected chi connectivity index (χ4v) is 4.11. The Hall–Kier alpha value is -3.21. The Labute approximate surface area is 215 Å². The van der Waals surface area contributed by atoms with Crippen LogP contribution in [0.25, 0.3) is 0 Å². The number of benzene rings is 2. The molecule has 4 aromatic rings. The molecule has 0 spiro atoms. The first-order valence-corrected chi connectivity index (χ1v) is 11.7. The van der Waals surface area contributed by atoms with Crippen molar-refractivity contribution in [2.45, 2.75) is 13.1 Å². The highest BCUT2D eigenvalue weighted by atomic mass is 79.9. The molecule has 4 rings (SSSR count). The van der Waals surface area contributed by atoms with Gasteiger partial charge in [0.25, 0.3) is 0 Å². The zero-order valence-electron chi connectivity index (χ0n) is 18.0. The first kappa shape index (κ1) is 23.9. The molecule has 2 aromatic heterocycles. The molecule has 11 heteroatoms. The number of hydrogen-bond acceptors (Lipinski definition) is 5. The van der Waals surface area contributed by atoms with Crippen LogP contribution in [0.2, 0.25) is 5.02 Å². The lowest BCUT2D eigenvalue weighted by molar-refractivity contribution is 0.0599. The summed E-state index contributed by atoms with van der Waals surface area (Å²) in [6, 6.07) is 14.9. The number of nitrogens with one attached hydrogen (secondary N) is 2. The van der Waals surface area contributed by atoms with Crippen molar-refractivity contribution < 1.29 is 9.53 Å². The van der Waals surface area contributed by atoms with E-state index in [1.807, 2.05) is 42.6 Å². The zero-order chi connectivity index (χ0) is 24.1. The average molecular weight is 560 g/mol. The quantitative estimate of drug-likeness (QED) is 0.238. The van der Waals surface area contributed by atoms with Crippen molar-refractivity contribution in [2.75, 3.05) is 17.7 Å². The number of rotatable bonds is 7. The van der Waals surface area contributed by atoms with Crippen molar-refractivity contribution >= 4 is 62.3 Å². The standard InChI is InChI=1S/C23H20BrClN6O2S/c1-33-22(32)18-8-4-2-6-15(18)11-30-13-17(10-26-30)27-23(34)28-21-19(24)14-31(29-21)12-16-7-3-5-9-20(16)25/h2-10,13-14H,11-12H2,1H3,(H2,27,28,29,34). The van der Waals surface area contributed by atoms with Crippen LogP contribution in [0.3, 0.4) is 0 Å². The van der Waals surface area contributed by atoms with Crippen LogP contribution in [0.5, 0.6) is 0 Å². The summed E-state index contributed by atoms with van der Waals surface area (Å²) in [6.07, 6.45) is 5.30. The van der Waals surface area contributed by atoms with Crippen LogP contribution in [0.1, 0.15) is 21.5 Å². The molecule has 0 saturated heterocycles. The number of nitrogens with zero attached hydrogens (tertiary/aromatic N) is 4. The Morgan fingerprint density at radius 2 is 1.76 bits per heavy atom. The van der Waals surface area contributed by atoms with E-state index >= 15 is 0 Å². The van der Waals surface area contributed by atoms with Crippen molar-refractivity contribution in [3.05, 3.63) is 93.3 Å². The first-order valence-electron chi connectivity index (χ1n) is 10.2. The lowest BCUT2D eigenvalue weighted by Crippen LogP contribution is -2.19. The number of methoxy groups -OCH3 is 1. The van der Waals surface area contributed by atoms with Gasteiger partial charge in [0.15, 0.2) is 10.9 Å². The molecule has 174 valence electrons. The predicted octanol–water partition coefficient (Wildman–Crippen LogP) is 5.19. The summed E-state index contributed by atoms with van der Waals surface area (Å²) in [5, 5.41) is 16.1. The van der Waals surface area contributed by atoms with Gasteiger partial charge in [-0.2, -0.15) is 10.2 Å². The molecule has 8 nitrogen and oxygen atoms in total. The minimum atomic E-state index is -0.383. The third kappa shape index (κ3) is 5.82. The molecule has 0 saturated carbocycles. The van der Waals surface area contributed by atoms with Crippen molar-refractivity contribution in [3.8, 4) is 0 Å². The summed E-state index contributed by atoms with van der Waals surface area (Å²) in [4.78, 5) is 12.0. The molecule has 2 N–H and O–H groups in total. The SMILES string of the molecule is COC(=O)c1ccccc1Cn1cc(NC(=S)Nc2nn(Cc3ccccc3Cl)cc2Br)cn1. The molecule has 0 unspecified atom stereocenters. The van der Waals surface area contributed by atoms with Gasteiger partial charge < -0.3 is 15.4 Å². The van der Waals surface area contributed by atoms with E-state index in [2.05, 4.69) is 36.8 Å². The second kappa shape index (κ2) is 10.8. The van der Waals surface area contributed by atoms with Crippen molar-refractivity contribution in [3.63, 3.8) is 0 Å². The summed E-state index contributed by atoms with van der Waals surface area (Å²) in [6.45, 7) is 0.936. The van der Waals surface area contributed by atoms with E-state index in [0.29, 0.717) is 40.3 Å². The molecule has 0 radical (unpaired) electrons. The molecule has 0 atom stereocenters. The Morgan fingerprint density at radius 3 is 2.53 bits per heavy atom. The second-order valence-electron chi connectivity index (χ2n) is 7.27. The topological polar surface area (TPSA) is 86.0 Å². The molecular weight excluding hydrogens is 540 g/mol. The Kier molecular flexibility index (Phi) is 7.61. The van der Waals surface area contributed by atoms with E-state index in [9.17, 15) is 4.79 Å². The van der Waals surface area contributed by atoms with Crippen LogP contribution in [0.15, 0.2) is 71.6 Å². The van der Waals surface area contributed by atoms with E-state index in [4.69, 9.17) is 28.6 Å². The lowest BCUT2D eigenvalue weighted by atomic mass is 10.1. The maximum atomic E-state index is 12.0. The minimum absolute atomic E-state index is 0.359. The molecule has 34 heavy (non-hydrogen) atoms. The molecule has 0 aliphatic carbocycles. The summed E-state index contributed by atoms with van der Waals surface area (Å²) >= 11 is 15.2. The van der Waals surface area contributed by atoms with Crippen LogP contribution >= 0.6 is 39.7 Å². The maximum absolute atomic E-state index is 12.0. The number of aromatic nitrogens is 4. The first-order chi connectivity index (χ1) is 16.4. The molecule has 0 fully saturated rings. The van der Waals surface area contributed by atoms with Gasteiger partial charge in [-0.1, -0.05) is 48.0 Å². The third-order valence-corrected chi connectivity index (χ3v) is 6.04. The number of halogens is 2. The minimum Gasteiger partial charge on any atom is -0.465 e. The lowest BCUT2D eigenvalue weighted by Gasteiger charge is -2.08. The van der Waals surface area contributed by atoms with Crippen molar-refractivity contribution in [2.24, 2.45) is 0 Å². The van der Waals surface area contributed by atoms with Crippen LogP contribution in [-0.4, -0.2) is 37.8 Å². The molecule has 2 aromatic carbocycles. The number of hydrogen-bond donors (Lipinski definition) is 2. The average Bonchev–Trinajstić information content (AvgIpc) is 3.40. The number of carbonyl (C=O) groups is 1. The van der Waals surface area contributed by atoms with E-state index in [1.54, 1.807) is 33.9 Å². The third-order valence-electron chi connectivity index (χ3n) is 4.89. The number of carbonyl (C=O) groups excluding carboxylic acids is 1. The van der Waals surface area contributed by atoms with E-state index < -0.39 is 0 Å². The Bertz CT molecular complexity index is 1340. The fraction of sp³-hybridized carbons (Fsp3) is 0.130. The second-order valence-corrected chi connectivity index (χ2v) is 8.94. The molecule has 2 heterocycles. The van der Waals surface area contributed by atoms with Gasteiger partial charge in [0.2, 0.25) is 0 Å². The van der Waals surface area contributed by atoms with E-state index in [-0.39, 0.29) is 5.97 Å². The van der Waals surface area contributed by atoms with Gasteiger partial charge in [0.1, 0.15) is 0 Å². The summed E-state index contributed by atoms with van der Waals surface area (Å²) in [7, 11) is 1.36. The predicted molar refractivity (Wildman–Crippen MR) is 139 cm³/mol. The highest BCUT2D eigenvalue weighted by Gasteiger charge is 2.13. The van der Waals surface area contributed by atoms with Crippen LogP contribution in [-0.2, 0) is 17.8 Å². The van der Waals surface area contributed by atoms with Crippen LogP contribution in [0.4, 0.5) is 11.5 Å². The van der Waals surface area contributed by atoms with Gasteiger partial charge in [-0.3, -0.25) is 9.36 Å². The molecule has 0 amide bonds. The summed E-state index contributed by atoms with van der Waals surface area (Å²) in [5.41, 5.74) is 2.97. The van der Waals surface area contributed by atoms with E-state index in [0.717, 1.165) is 15.6 Å². The van der Waals surface area contributed by atoms with Crippen LogP contribution < -0.4 is 10.6 Å². The van der Waals surface area contributed by atoms with Crippen molar-refractivity contribution in [1.29, 1.82) is 0 Å². The van der Waals surface area contributed by atoms with Crippen molar-refractivity contribution in [1.82, 2.24) is 19.6 Å². The maximum Gasteiger partial charge on any atom is 0.338 e. The highest BCUT2D eigenvalue weighted by Crippen LogP contribution is 2.23. The largest absolute Gasteiger partial charge is 0.465 e. The molecule has 0 aliphatic rings. The van der Waals surface area contributed by atoms with Gasteiger partial charge in [0, 0.05) is 17.4 Å². The van der Waals surface area contributed by atoms with Gasteiger partial charge in [-0.25, -0.2) is 4.79 Å².